The molecular weight excluding hydrogens is 488 g/mol. The summed E-state index contributed by atoms with van der Waals surface area (Å²) in [5.41, 5.74) is 2.20. The summed E-state index contributed by atoms with van der Waals surface area (Å²) < 4.78 is 5.18. The van der Waals surface area contributed by atoms with E-state index in [0.717, 1.165) is 37.2 Å². The summed E-state index contributed by atoms with van der Waals surface area (Å²) in [7, 11) is 0. The van der Waals surface area contributed by atoms with Crippen molar-refractivity contribution >= 4 is 17.5 Å². The Morgan fingerprint density at radius 1 is 1.05 bits per heavy atom. The van der Waals surface area contributed by atoms with Crippen molar-refractivity contribution in [3.63, 3.8) is 0 Å². The first kappa shape index (κ1) is 28.7. The normalized spacial score (nSPS) is 14.1. The van der Waals surface area contributed by atoms with Crippen LogP contribution in [-0.2, 0) is 0 Å². The maximum atomic E-state index is 12.6. The van der Waals surface area contributed by atoms with Crippen molar-refractivity contribution in [1.82, 2.24) is 30.0 Å². The van der Waals surface area contributed by atoms with Crippen LogP contribution in [0, 0.1) is 13.8 Å². The molecule has 1 aliphatic rings. The number of nitrogens with zero attached hydrogens (tertiary/aromatic N) is 6. The highest BCUT2D eigenvalue weighted by molar-refractivity contribution is 6.30. The Morgan fingerprint density at radius 2 is 1.73 bits per heavy atom. The first-order valence-corrected chi connectivity index (χ1v) is 13.6. The van der Waals surface area contributed by atoms with Gasteiger partial charge in [0.1, 0.15) is 5.69 Å². The lowest BCUT2D eigenvalue weighted by Gasteiger charge is -2.42. The number of aryl methyl sites for hydroxylation is 2. The summed E-state index contributed by atoms with van der Waals surface area (Å²) in [6.45, 7) is 13.3. The second-order valence-corrected chi connectivity index (χ2v) is 9.84. The Hall–Kier alpha value is -2.84. The average molecular weight is 527 g/mol. The number of rotatable bonds is 8. The second-order valence-electron chi connectivity index (χ2n) is 9.41. The Labute approximate surface area is 225 Å². The fourth-order valence-corrected chi connectivity index (χ4v) is 4.88. The van der Waals surface area contributed by atoms with Crippen LogP contribution >= 0.6 is 11.6 Å². The van der Waals surface area contributed by atoms with Gasteiger partial charge in [-0.1, -0.05) is 32.4 Å². The molecule has 0 saturated carbocycles. The topological polar surface area (TPSA) is 88.2 Å². The Morgan fingerprint density at radius 3 is 2.24 bits per heavy atom. The van der Waals surface area contributed by atoms with Gasteiger partial charge in [0.2, 0.25) is 5.89 Å². The molecule has 1 fully saturated rings. The molecule has 1 aliphatic heterocycles. The number of halogens is 1. The molecule has 0 atom stereocenters. The number of hydrogen-bond donors (Lipinski definition) is 0. The van der Waals surface area contributed by atoms with E-state index < -0.39 is 0 Å². The smallest absolute Gasteiger partial charge is 0.267 e. The van der Waals surface area contributed by atoms with E-state index in [0.29, 0.717) is 34.6 Å². The van der Waals surface area contributed by atoms with E-state index in [-0.39, 0.29) is 5.91 Å². The molecule has 2 aromatic heterocycles. The Balaban J connectivity index is 0.000000244. The van der Waals surface area contributed by atoms with Gasteiger partial charge in [0.15, 0.2) is 0 Å². The van der Waals surface area contributed by atoms with Gasteiger partial charge in [0.25, 0.3) is 11.8 Å². The zero-order valence-corrected chi connectivity index (χ0v) is 23.4. The lowest BCUT2D eigenvalue weighted by Crippen LogP contribution is -2.50. The highest BCUT2D eigenvalue weighted by atomic mass is 35.5. The van der Waals surface area contributed by atoms with Gasteiger partial charge in [0, 0.05) is 48.9 Å². The van der Waals surface area contributed by atoms with Crippen molar-refractivity contribution in [3.05, 3.63) is 58.8 Å². The third-order valence-electron chi connectivity index (χ3n) is 6.73. The SMILES string of the molecule is CCCN(C(CC)CC)C1CCN(C(=O)c2ccc(Cl)cc2)CC1.Cc1cnc(-c2nnc(C)o2)cn1. The van der Waals surface area contributed by atoms with Gasteiger partial charge in [-0.25, -0.2) is 4.98 Å². The molecule has 4 rings (SSSR count). The minimum atomic E-state index is 0.134. The van der Waals surface area contributed by atoms with Crippen LogP contribution in [0.15, 0.2) is 41.1 Å². The summed E-state index contributed by atoms with van der Waals surface area (Å²) >= 11 is 5.91. The van der Waals surface area contributed by atoms with Crippen LogP contribution in [-0.4, -0.2) is 67.6 Å². The van der Waals surface area contributed by atoms with Crippen LogP contribution in [0.2, 0.25) is 5.02 Å². The van der Waals surface area contributed by atoms with E-state index in [2.05, 4.69) is 45.8 Å². The van der Waals surface area contributed by atoms with Gasteiger partial charge in [-0.3, -0.25) is 14.7 Å². The number of carbonyl (C=O) groups is 1. The number of piperidine rings is 1. The first-order chi connectivity index (χ1) is 17.9. The molecule has 0 bridgehead atoms. The van der Waals surface area contributed by atoms with Gasteiger partial charge >= 0.3 is 0 Å². The molecule has 0 spiro atoms. The van der Waals surface area contributed by atoms with Crippen molar-refractivity contribution in [2.75, 3.05) is 19.6 Å². The zero-order chi connectivity index (χ0) is 26.8. The highest BCUT2D eigenvalue weighted by Crippen LogP contribution is 2.23. The monoisotopic (exact) mass is 526 g/mol. The van der Waals surface area contributed by atoms with E-state index in [1.807, 2.05) is 24.0 Å². The summed E-state index contributed by atoms with van der Waals surface area (Å²) in [6, 6.07) is 8.52. The first-order valence-electron chi connectivity index (χ1n) is 13.3. The number of carbonyl (C=O) groups excluding carboxylic acids is 1. The van der Waals surface area contributed by atoms with Gasteiger partial charge in [0.05, 0.1) is 11.9 Å². The summed E-state index contributed by atoms with van der Waals surface area (Å²) in [5, 5.41) is 8.20. The molecule has 8 nitrogen and oxygen atoms in total. The van der Waals surface area contributed by atoms with Crippen LogP contribution in [0.25, 0.3) is 11.6 Å². The van der Waals surface area contributed by atoms with Crippen molar-refractivity contribution in [2.24, 2.45) is 0 Å². The van der Waals surface area contributed by atoms with E-state index in [1.54, 1.807) is 31.5 Å². The fraction of sp³-hybridized carbons (Fsp3) is 0.536. The van der Waals surface area contributed by atoms with Gasteiger partial charge in [-0.2, -0.15) is 0 Å². The third kappa shape index (κ3) is 8.07. The largest absolute Gasteiger partial charge is 0.420 e. The molecule has 3 heterocycles. The second kappa shape index (κ2) is 14.2. The molecular formula is C28H39ClN6O2. The number of likely N-dealkylation sites (tertiary alicyclic amines) is 1. The van der Waals surface area contributed by atoms with E-state index in [1.165, 1.54) is 25.8 Å². The fourth-order valence-electron chi connectivity index (χ4n) is 4.76. The molecule has 0 N–H and O–H groups in total. The molecule has 3 aromatic rings. The van der Waals surface area contributed by atoms with Crippen molar-refractivity contribution in [3.8, 4) is 11.6 Å². The van der Waals surface area contributed by atoms with Crippen molar-refractivity contribution in [2.45, 2.75) is 78.8 Å². The lowest BCUT2D eigenvalue weighted by atomic mass is 9.98. The predicted octanol–water partition coefficient (Wildman–Crippen LogP) is 5.99. The van der Waals surface area contributed by atoms with Gasteiger partial charge in [-0.05, 0) is 69.8 Å². The molecule has 9 heteroatoms. The molecule has 1 aromatic carbocycles. The van der Waals surface area contributed by atoms with Crippen LogP contribution in [0.5, 0.6) is 0 Å². The van der Waals surface area contributed by atoms with E-state index >= 15 is 0 Å². The number of hydrogen-bond acceptors (Lipinski definition) is 7. The van der Waals surface area contributed by atoms with Gasteiger partial charge in [-0.15, -0.1) is 10.2 Å². The Kier molecular flexibility index (Phi) is 11.0. The number of aromatic nitrogens is 4. The maximum absolute atomic E-state index is 12.6. The van der Waals surface area contributed by atoms with Crippen molar-refractivity contribution < 1.29 is 9.21 Å². The standard InChI is InChI=1S/C20H31ClN2O.C8H8N4O/c1-4-13-23(18(5-2)6-3)19-11-14-22(15-12-19)20(24)16-7-9-17(21)10-8-16;1-5-3-10-7(4-9-5)8-12-11-6(2)13-8/h7-10,18-19H,4-6,11-15H2,1-3H3;3-4H,1-2H3. The average Bonchev–Trinajstić information content (AvgIpc) is 3.36. The summed E-state index contributed by atoms with van der Waals surface area (Å²) in [4.78, 5) is 25.5. The number of amides is 1. The number of benzene rings is 1. The van der Waals surface area contributed by atoms with Crippen LogP contribution in [0.3, 0.4) is 0 Å². The quantitative estimate of drug-likeness (QED) is 0.356. The molecule has 0 radical (unpaired) electrons. The Bertz CT molecular complexity index is 1090. The van der Waals surface area contributed by atoms with Crippen LogP contribution in [0.1, 0.15) is 74.8 Å². The summed E-state index contributed by atoms with van der Waals surface area (Å²) in [6.07, 6.45) is 9.05. The van der Waals surface area contributed by atoms with Gasteiger partial charge < -0.3 is 9.32 Å². The van der Waals surface area contributed by atoms with Crippen LogP contribution < -0.4 is 0 Å². The van der Waals surface area contributed by atoms with Crippen LogP contribution in [0.4, 0.5) is 0 Å². The zero-order valence-electron chi connectivity index (χ0n) is 22.7. The molecule has 0 unspecified atom stereocenters. The minimum absolute atomic E-state index is 0.134. The minimum Gasteiger partial charge on any atom is -0.420 e. The lowest BCUT2D eigenvalue weighted by molar-refractivity contribution is 0.0516. The maximum Gasteiger partial charge on any atom is 0.267 e. The molecule has 37 heavy (non-hydrogen) atoms. The molecule has 0 aliphatic carbocycles. The highest BCUT2D eigenvalue weighted by Gasteiger charge is 2.29. The third-order valence-corrected chi connectivity index (χ3v) is 6.98. The molecule has 1 amide bonds. The molecule has 1 saturated heterocycles. The molecule has 200 valence electrons. The van der Waals surface area contributed by atoms with Crippen molar-refractivity contribution in [1.29, 1.82) is 0 Å². The van der Waals surface area contributed by atoms with E-state index in [9.17, 15) is 4.79 Å². The summed E-state index contributed by atoms with van der Waals surface area (Å²) in [5.74, 6) is 1.07. The predicted molar refractivity (Wildman–Crippen MR) is 147 cm³/mol. The van der Waals surface area contributed by atoms with E-state index in [4.69, 9.17) is 16.0 Å².